The van der Waals surface area contributed by atoms with Crippen LogP contribution in [0.3, 0.4) is 0 Å². The SMILES string of the molecule is COc1cc(N2CCC(CNC(C)=O)CC2)c(N)cc1F. The maximum absolute atomic E-state index is 13.6. The van der Waals surface area contributed by atoms with Gasteiger partial charge in [-0.2, -0.15) is 0 Å². The number of nitrogens with two attached hydrogens (primary N) is 1. The number of halogens is 1. The Morgan fingerprint density at radius 2 is 2.14 bits per heavy atom. The third-order valence-electron chi connectivity index (χ3n) is 3.90. The van der Waals surface area contributed by atoms with Gasteiger partial charge in [0, 0.05) is 38.7 Å². The first-order chi connectivity index (χ1) is 10.0. The van der Waals surface area contributed by atoms with Crippen molar-refractivity contribution < 1.29 is 13.9 Å². The van der Waals surface area contributed by atoms with Gasteiger partial charge in [-0.15, -0.1) is 0 Å². The van der Waals surface area contributed by atoms with Crippen molar-refractivity contribution in [2.75, 3.05) is 37.4 Å². The predicted molar refractivity (Wildman–Crippen MR) is 81.0 cm³/mol. The summed E-state index contributed by atoms with van der Waals surface area (Å²) in [6, 6.07) is 2.95. The maximum Gasteiger partial charge on any atom is 0.216 e. The Hall–Kier alpha value is -1.98. The van der Waals surface area contributed by atoms with E-state index in [0.717, 1.165) is 31.6 Å². The molecule has 0 bridgehead atoms. The van der Waals surface area contributed by atoms with E-state index in [4.69, 9.17) is 10.5 Å². The zero-order chi connectivity index (χ0) is 15.4. The van der Waals surface area contributed by atoms with Crippen molar-refractivity contribution in [1.82, 2.24) is 5.32 Å². The Morgan fingerprint density at radius 3 is 2.71 bits per heavy atom. The highest BCUT2D eigenvalue weighted by Gasteiger charge is 2.22. The van der Waals surface area contributed by atoms with E-state index in [0.29, 0.717) is 18.2 Å². The number of carbonyl (C=O) groups is 1. The maximum atomic E-state index is 13.6. The van der Waals surface area contributed by atoms with Crippen LogP contribution in [0.5, 0.6) is 5.75 Å². The van der Waals surface area contributed by atoms with Gasteiger partial charge in [0.05, 0.1) is 18.5 Å². The lowest BCUT2D eigenvalue weighted by molar-refractivity contribution is -0.119. The lowest BCUT2D eigenvalue weighted by atomic mass is 9.96. The normalized spacial score (nSPS) is 15.9. The summed E-state index contributed by atoms with van der Waals surface area (Å²) in [5.41, 5.74) is 7.15. The minimum atomic E-state index is -0.445. The summed E-state index contributed by atoms with van der Waals surface area (Å²) in [6.45, 7) is 3.92. The summed E-state index contributed by atoms with van der Waals surface area (Å²) in [7, 11) is 1.44. The zero-order valence-corrected chi connectivity index (χ0v) is 12.5. The molecule has 1 fully saturated rings. The van der Waals surface area contributed by atoms with Gasteiger partial charge in [0.2, 0.25) is 5.91 Å². The number of methoxy groups -OCH3 is 1. The van der Waals surface area contributed by atoms with E-state index >= 15 is 0 Å². The fourth-order valence-corrected chi connectivity index (χ4v) is 2.65. The van der Waals surface area contributed by atoms with Gasteiger partial charge in [0.25, 0.3) is 0 Å². The van der Waals surface area contributed by atoms with Crippen LogP contribution in [-0.4, -0.2) is 32.7 Å². The highest BCUT2D eigenvalue weighted by Crippen LogP contribution is 2.33. The van der Waals surface area contributed by atoms with Crippen LogP contribution in [0.1, 0.15) is 19.8 Å². The quantitative estimate of drug-likeness (QED) is 0.831. The Kier molecular flexibility index (Phi) is 4.88. The van der Waals surface area contributed by atoms with Crippen LogP contribution in [0, 0.1) is 11.7 Å². The average molecular weight is 295 g/mol. The predicted octanol–water partition coefficient (Wildman–Crippen LogP) is 1.77. The molecule has 3 N–H and O–H groups in total. The molecule has 0 unspecified atom stereocenters. The molecule has 0 radical (unpaired) electrons. The molecular weight excluding hydrogens is 273 g/mol. The largest absolute Gasteiger partial charge is 0.494 e. The van der Waals surface area contributed by atoms with Crippen molar-refractivity contribution in [1.29, 1.82) is 0 Å². The number of nitrogens with zero attached hydrogens (tertiary/aromatic N) is 1. The molecule has 5 nitrogen and oxygen atoms in total. The molecule has 6 heteroatoms. The second-order valence-corrected chi connectivity index (χ2v) is 5.41. The molecule has 1 saturated heterocycles. The number of piperidine rings is 1. The van der Waals surface area contributed by atoms with Crippen molar-refractivity contribution >= 4 is 17.3 Å². The number of amides is 1. The van der Waals surface area contributed by atoms with Crippen LogP contribution in [0.2, 0.25) is 0 Å². The van der Waals surface area contributed by atoms with E-state index in [-0.39, 0.29) is 11.7 Å². The van der Waals surface area contributed by atoms with E-state index < -0.39 is 5.82 Å². The van der Waals surface area contributed by atoms with E-state index in [9.17, 15) is 9.18 Å². The monoisotopic (exact) mass is 295 g/mol. The second kappa shape index (κ2) is 6.65. The molecule has 0 saturated carbocycles. The van der Waals surface area contributed by atoms with Gasteiger partial charge in [0.1, 0.15) is 0 Å². The van der Waals surface area contributed by atoms with E-state index in [2.05, 4.69) is 10.2 Å². The summed E-state index contributed by atoms with van der Waals surface area (Å²) < 4.78 is 18.6. The van der Waals surface area contributed by atoms with Crippen LogP contribution in [-0.2, 0) is 4.79 Å². The van der Waals surface area contributed by atoms with Gasteiger partial charge in [-0.3, -0.25) is 4.79 Å². The fourth-order valence-electron chi connectivity index (χ4n) is 2.65. The van der Waals surface area contributed by atoms with E-state index in [1.165, 1.54) is 20.1 Å². The van der Waals surface area contributed by atoms with Gasteiger partial charge in [-0.25, -0.2) is 4.39 Å². The summed E-state index contributed by atoms with van der Waals surface area (Å²) in [5.74, 6) is 0.248. The van der Waals surface area contributed by atoms with Crippen LogP contribution < -0.4 is 20.7 Å². The standard InChI is InChI=1S/C15H22FN3O2/c1-10(20)18-9-11-3-5-19(6-4-11)14-8-15(21-2)12(16)7-13(14)17/h7-8,11H,3-6,9,17H2,1-2H3,(H,18,20). The summed E-state index contributed by atoms with van der Waals surface area (Å²) >= 11 is 0. The molecule has 1 amide bonds. The number of carbonyl (C=O) groups excluding carboxylic acids is 1. The first kappa shape index (κ1) is 15.4. The van der Waals surface area contributed by atoms with Crippen LogP contribution in [0.15, 0.2) is 12.1 Å². The molecule has 0 atom stereocenters. The fraction of sp³-hybridized carbons (Fsp3) is 0.533. The third-order valence-corrected chi connectivity index (χ3v) is 3.90. The molecule has 1 aromatic carbocycles. The molecule has 2 rings (SSSR count). The van der Waals surface area contributed by atoms with Crippen LogP contribution >= 0.6 is 0 Å². The number of rotatable bonds is 4. The summed E-state index contributed by atoms with van der Waals surface area (Å²) in [4.78, 5) is 13.1. The van der Waals surface area contributed by atoms with Crippen molar-refractivity contribution in [3.05, 3.63) is 17.9 Å². The minimum Gasteiger partial charge on any atom is -0.494 e. The number of hydrogen-bond donors (Lipinski definition) is 2. The number of benzene rings is 1. The first-order valence-electron chi connectivity index (χ1n) is 7.13. The minimum absolute atomic E-state index is 0.00458. The smallest absolute Gasteiger partial charge is 0.216 e. The zero-order valence-electron chi connectivity index (χ0n) is 12.5. The Bertz CT molecular complexity index is 514. The Labute approximate surface area is 124 Å². The molecule has 1 aliphatic heterocycles. The van der Waals surface area contributed by atoms with Gasteiger partial charge in [0.15, 0.2) is 11.6 Å². The van der Waals surface area contributed by atoms with E-state index in [1.807, 2.05) is 0 Å². The van der Waals surface area contributed by atoms with Crippen LogP contribution in [0.25, 0.3) is 0 Å². The summed E-state index contributed by atoms with van der Waals surface area (Å²) in [5, 5.41) is 2.86. The van der Waals surface area contributed by atoms with E-state index in [1.54, 1.807) is 6.07 Å². The van der Waals surface area contributed by atoms with Crippen molar-refractivity contribution in [2.45, 2.75) is 19.8 Å². The number of ether oxygens (including phenoxy) is 1. The molecule has 116 valence electrons. The average Bonchev–Trinajstić information content (AvgIpc) is 2.46. The van der Waals surface area contributed by atoms with Gasteiger partial charge in [-0.05, 0) is 18.8 Å². The molecular formula is C15H22FN3O2. The third kappa shape index (κ3) is 3.77. The highest BCUT2D eigenvalue weighted by atomic mass is 19.1. The van der Waals surface area contributed by atoms with Crippen molar-refractivity contribution in [3.8, 4) is 5.75 Å². The lowest BCUT2D eigenvalue weighted by Gasteiger charge is -2.34. The molecule has 1 aliphatic rings. The molecule has 21 heavy (non-hydrogen) atoms. The first-order valence-corrected chi connectivity index (χ1v) is 7.13. The Balaban J connectivity index is 2.00. The molecule has 0 spiro atoms. The molecule has 0 aromatic heterocycles. The Morgan fingerprint density at radius 1 is 1.48 bits per heavy atom. The molecule has 1 heterocycles. The molecule has 0 aliphatic carbocycles. The van der Waals surface area contributed by atoms with Crippen LogP contribution in [0.4, 0.5) is 15.8 Å². The van der Waals surface area contributed by atoms with Gasteiger partial charge in [-0.1, -0.05) is 0 Å². The topological polar surface area (TPSA) is 67.6 Å². The lowest BCUT2D eigenvalue weighted by Crippen LogP contribution is -2.38. The van der Waals surface area contributed by atoms with Gasteiger partial charge >= 0.3 is 0 Å². The van der Waals surface area contributed by atoms with Crippen molar-refractivity contribution in [3.63, 3.8) is 0 Å². The highest BCUT2D eigenvalue weighted by molar-refractivity contribution is 5.72. The number of nitrogens with one attached hydrogen (secondary N) is 1. The molecule has 1 aromatic rings. The number of hydrogen-bond acceptors (Lipinski definition) is 4. The van der Waals surface area contributed by atoms with Crippen molar-refractivity contribution in [2.24, 2.45) is 5.92 Å². The number of nitrogen functional groups attached to an aromatic ring is 1. The second-order valence-electron chi connectivity index (χ2n) is 5.41. The van der Waals surface area contributed by atoms with Gasteiger partial charge < -0.3 is 20.7 Å². The summed E-state index contributed by atoms with van der Waals surface area (Å²) in [6.07, 6.45) is 1.94. The number of anilines is 2.